The zero-order chi connectivity index (χ0) is 27.2. The summed E-state index contributed by atoms with van der Waals surface area (Å²) in [6.45, 7) is 5.62. The number of hydrogen-bond donors (Lipinski definition) is 1. The highest BCUT2D eigenvalue weighted by Crippen LogP contribution is 2.21. The number of aliphatic carboxylic acids is 1. The second kappa shape index (κ2) is 15.6. The number of benzene rings is 3. The van der Waals surface area contributed by atoms with Crippen LogP contribution in [-0.2, 0) is 16.0 Å². The molecule has 38 heavy (non-hydrogen) atoms. The fourth-order valence-corrected chi connectivity index (χ4v) is 4.23. The number of carboxylic acid groups (broad SMARTS) is 1. The molecule has 0 heterocycles. The van der Waals surface area contributed by atoms with Gasteiger partial charge in [-0.1, -0.05) is 75.1 Å². The van der Waals surface area contributed by atoms with Crippen LogP contribution in [0.3, 0.4) is 0 Å². The van der Waals surface area contributed by atoms with Gasteiger partial charge in [-0.15, -0.1) is 0 Å². The van der Waals surface area contributed by atoms with Crippen LogP contribution in [0, 0.1) is 0 Å². The predicted octanol–water partition coefficient (Wildman–Crippen LogP) is 6.72. The summed E-state index contributed by atoms with van der Waals surface area (Å²) in [7, 11) is 0. The first kappa shape index (κ1) is 29.0. The SMILES string of the molecule is CCCCCCCN(CCOc1ccc(CC(OCC)C(=O)O)cc1)C(=O)Oc1ccc2ccccc2c1. The summed E-state index contributed by atoms with van der Waals surface area (Å²) in [5, 5.41) is 11.4. The molecule has 0 aliphatic carbocycles. The molecular formula is C31H39NO6. The number of rotatable bonds is 16. The Hall–Kier alpha value is -3.58. The summed E-state index contributed by atoms with van der Waals surface area (Å²) in [5.41, 5.74) is 0.853. The van der Waals surface area contributed by atoms with Gasteiger partial charge in [-0.05, 0) is 53.9 Å². The monoisotopic (exact) mass is 521 g/mol. The van der Waals surface area contributed by atoms with E-state index in [0.717, 1.165) is 35.6 Å². The van der Waals surface area contributed by atoms with Crippen LogP contribution in [0.4, 0.5) is 4.79 Å². The van der Waals surface area contributed by atoms with Gasteiger partial charge in [0.1, 0.15) is 18.1 Å². The smallest absolute Gasteiger partial charge is 0.415 e. The fraction of sp³-hybridized carbons (Fsp3) is 0.419. The summed E-state index contributed by atoms with van der Waals surface area (Å²) in [4.78, 5) is 26.1. The van der Waals surface area contributed by atoms with E-state index in [1.54, 1.807) is 11.8 Å². The summed E-state index contributed by atoms with van der Waals surface area (Å²) in [6.07, 6.45) is 4.52. The van der Waals surface area contributed by atoms with Crippen LogP contribution < -0.4 is 9.47 Å². The Morgan fingerprint density at radius 1 is 0.842 bits per heavy atom. The molecule has 204 valence electrons. The molecule has 0 saturated heterocycles. The maximum Gasteiger partial charge on any atom is 0.415 e. The first-order chi connectivity index (χ1) is 18.5. The van der Waals surface area contributed by atoms with Crippen molar-refractivity contribution in [1.29, 1.82) is 0 Å². The van der Waals surface area contributed by atoms with Crippen molar-refractivity contribution in [2.24, 2.45) is 0 Å². The van der Waals surface area contributed by atoms with Gasteiger partial charge in [0.05, 0.1) is 6.54 Å². The topological polar surface area (TPSA) is 85.3 Å². The van der Waals surface area contributed by atoms with Crippen LogP contribution in [0.25, 0.3) is 10.8 Å². The highest BCUT2D eigenvalue weighted by Gasteiger charge is 2.18. The lowest BCUT2D eigenvalue weighted by molar-refractivity contribution is -0.149. The number of fused-ring (bicyclic) bond motifs is 1. The zero-order valence-electron chi connectivity index (χ0n) is 22.4. The largest absolute Gasteiger partial charge is 0.492 e. The van der Waals surface area contributed by atoms with Crippen LogP contribution in [0.15, 0.2) is 66.7 Å². The van der Waals surface area contributed by atoms with Gasteiger partial charge in [0.15, 0.2) is 6.10 Å². The molecule has 0 aliphatic rings. The van der Waals surface area contributed by atoms with E-state index in [1.807, 2.05) is 66.7 Å². The quantitative estimate of drug-likeness (QED) is 0.211. The first-order valence-electron chi connectivity index (χ1n) is 13.5. The lowest BCUT2D eigenvalue weighted by atomic mass is 10.1. The van der Waals surface area contributed by atoms with Crippen molar-refractivity contribution in [2.45, 2.75) is 58.5 Å². The molecule has 0 radical (unpaired) electrons. The van der Waals surface area contributed by atoms with E-state index in [9.17, 15) is 14.7 Å². The van der Waals surface area contributed by atoms with Gasteiger partial charge in [0.25, 0.3) is 0 Å². The van der Waals surface area contributed by atoms with Gasteiger partial charge in [-0.25, -0.2) is 9.59 Å². The molecular weight excluding hydrogens is 482 g/mol. The van der Waals surface area contributed by atoms with Gasteiger partial charge in [-0.2, -0.15) is 0 Å². The van der Waals surface area contributed by atoms with Crippen molar-refractivity contribution >= 4 is 22.8 Å². The standard InChI is InChI=1S/C31H39NO6/c1-3-5-6-7-10-19-32(31(35)38-28-18-15-25-11-8-9-12-26(25)23-28)20-21-37-27-16-13-24(14-17-27)22-29(30(33)34)36-4-2/h8-9,11-18,23,29H,3-7,10,19-22H2,1-2H3,(H,33,34). The lowest BCUT2D eigenvalue weighted by Gasteiger charge is -2.22. The first-order valence-corrected chi connectivity index (χ1v) is 13.5. The van der Waals surface area contributed by atoms with Crippen molar-refractivity contribution in [1.82, 2.24) is 4.90 Å². The number of hydrogen-bond acceptors (Lipinski definition) is 5. The van der Waals surface area contributed by atoms with Gasteiger partial charge < -0.3 is 24.2 Å². The minimum Gasteiger partial charge on any atom is -0.492 e. The van der Waals surface area contributed by atoms with Crippen molar-refractivity contribution < 1.29 is 28.9 Å². The van der Waals surface area contributed by atoms with Crippen LogP contribution in [0.1, 0.15) is 51.5 Å². The number of ether oxygens (including phenoxy) is 3. The molecule has 0 spiro atoms. The number of carbonyl (C=O) groups is 2. The Balaban J connectivity index is 1.56. The summed E-state index contributed by atoms with van der Waals surface area (Å²) < 4.78 is 16.9. The minimum atomic E-state index is -0.975. The van der Waals surface area contributed by atoms with Gasteiger partial charge in [-0.3, -0.25) is 0 Å². The zero-order valence-corrected chi connectivity index (χ0v) is 22.4. The third-order valence-corrected chi connectivity index (χ3v) is 6.33. The second-order valence-corrected chi connectivity index (χ2v) is 9.26. The Labute approximate surface area is 225 Å². The van der Waals surface area contributed by atoms with E-state index in [2.05, 4.69) is 6.92 Å². The number of carbonyl (C=O) groups excluding carboxylic acids is 1. The van der Waals surface area contributed by atoms with Gasteiger partial charge in [0.2, 0.25) is 0 Å². The third-order valence-electron chi connectivity index (χ3n) is 6.33. The normalized spacial score (nSPS) is 11.7. The van der Waals surface area contributed by atoms with E-state index in [4.69, 9.17) is 14.2 Å². The minimum absolute atomic E-state index is 0.288. The van der Waals surface area contributed by atoms with Crippen LogP contribution in [0.5, 0.6) is 11.5 Å². The van der Waals surface area contributed by atoms with Crippen LogP contribution >= 0.6 is 0 Å². The van der Waals surface area contributed by atoms with Crippen LogP contribution in [-0.4, -0.2) is 54.5 Å². The maximum atomic E-state index is 13.1. The summed E-state index contributed by atoms with van der Waals surface area (Å²) in [6, 6.07) is 20.9. The Morgan fingerprint density at radius 3 is 2.26 bits per heavy atom. The van der Waals surface area contributed by atoms with E-state index < -0.39 is 12.1 Å². The molecule has 3 aromatic carbocycles. The average molecular weight is 522 g/mol. The number of unbranched alkanes of at least 4 members (excludes halogenated alkanes) is 4. The maximum absolute atomic E-state index is 13.1. The second-order valence-electron chi connectivity index (χ2n) is 9.26. The Bertz CT molecular complexity index is 1150. The number of carboxylic acids is 1. The highest BCUT2D eigenvalue weighted by atomic mass is 16.6. The number of amides is 1. The fourth-order valence-electron chi connectivity index (χ4n) is 4.23. The van der Waals surface area contributed by atoms with E-state index in [1.165, 1.54) is 12.8 Å². The van der Waals surface area contributed by atoms with Crippen molar-refractivity contribution in [3.05, 3.63) is 72.3 Å². The van der Waals surface area contributed by atoms with Crippen molar-refractivity contribution in [3.63, 3.8) is 0 Å². The molecule has 3 aromatic rings. The van der Waals surface area contributed by atoms with Gasteiger partial charge in [0, 0.05) is 19.6 Å². The van der Waals surface area contributed by atoms with Crippen LogP contribution in [0.2, 0.25) is 0 Å². The summed E-state index contributed by atoms with van der Waals surface area (Å²) >= 11 is 0. The molecule has 7 nitrogen and oxygen atoms in total. The molecule has 0 bridgehead atoms. The van der Waals surface area contributed by atoms with E-state index in [-0.39, 0.29) is 12.5 Å². The van der Waals surface area contributed by atoms with E-state index in [0.29, 0.717) is 37.8 Å². The third kappa shape index (κ3) is 9.38. The molecule has 1 amide bonds. The van der Waals surface area contributed by atoms with E-state index >= 15 is 0 Å². The lowest BCUT2D eigenvalue weighted by Crippen LogP contribution is -2.37. The van der Waals surface area contributed by atoms with Crippen molar-refractivity contribution in [2.75, 3.05) is 26.3 Å². The molecule has 0 aromatic heterocycles. The molecule has 0 aliphatic heterocycles. The molecule has 7 heteroatoms. The van der Waals surface area contributed by atoms with Crippen molar-refractivity contribution in [3.8, 4) is 11.5 Å². The van der Waals surface area contributed by atoms with Gasteiger partial charge >= 0.3 is 12.1 Å². The molecule has 3 rings (SSSR count). The Kier molecular flexibility index (Phi) is 11.9. The molecule has 1 unspecified atom stereocenters. The molecule has 1 N–H and O–H groups in total. The number of nitrogens with zero attached hydrogens (tertiary/aromatic N) is 1. The predicted molar refractivity (Wildman–Crippen MR) is 149 cm³/mol. The average Bonchev–Trinajstić information content (AvgIpc) is 2.92. The highest BCUT2D eigenvalue weighted by molar-refractivity contribution is 5.84. The molecule has 0 fully saturated rings. The molecule has 0 saturated carbocycles. The molecule has 1 atom stereocenters. The Morgan fingerprint density at radius 2 is 1.55 bits per heavy atom. The summed E-state index contributed by atoms with van der Waals surface area (Å²) in [5.74, 6) is 0.202.